The van der Waals surface area contributed by atoms with Crippen LogP contribution in [0.25, 0.3) is 5.52 Å². The summed E-state index contributed by atoms with van der Waals surface area (Å²) in [5.74, 6) is 0.226. The number of hydrogen-bond acceptors (Lipinski definition) is 4. The Bertz CT molecular complexity index is 884. The van der Waals surface area contributed by atoms with Crippen molar-refractivity contribution in [2.45, 2.75) is 39.2 Å². The monoisotopic (exact) mass is 474 g/mol. The summed E-state index contributed by atoms with van der Waals surface area (Å²) in [6.45, 7) is 8.71. The smallest absolute Gasteiger partial charge is 0.410 e. The molecular formula is C16H20Br2N4O3. The van der Waals surface area contributed by atoms with Gasteiger partial charge in [0.15, 0.2) is 4.73 Å². The van der Waals surface area contributed by atoms with Crippen molar-refractivity contribution in [3.8, 4) is 0 Å². The van der Waals surface area contributed by atoms with E-state index in [9.17, 15) is 9.59 Å². The topological polar surface area (TPSA) is 79.7 Å². The maximum Gasteiger partial charge on any atom is 0.410 e. The Kier molecular flexibility index (Phi) is 4.74. The van der Waals surface area contributed by atoms with Crippen LogP contribution in [-0.4, -0.2) is 44.1 Å². The first-order valence-electron chi connectivity index (χ1n) is 8.01. The summed E-state index contributed by atoms with van der Waals surface area (Å²) in [6.07, 6.45) is 1.54. The molecule has 25 heavy (non-hydrogen) atoms. The van der Waals surface area contributed by atoms with Crippen molar-refractivity contribution in [3.05, 3.63) is 31.6 Å². The maximum absolute atomic E-state index is 12.4. The van der Waals surface area contributed by atoms with E-state index in [1.165, 1.54) is 0 Å². The molecule has 0 saturated carbocycles. The molecule has 3 rings (SSSR count). The molecule has 2 aromatic rings. The molecule has 0 unspecified atom stereocenters. The summed E-state index contributed by atoms with van der Waals surface area (Å²) < 4.78 is 8.21. The van der Waals surface area contributed by atoms with Crippen LogP contribution in [0, 0.1) is 5.92 Å². The zero-order valence-corrected chi connectivity index (χ0v) is 17.6. The highest BCUT2D eigenvalue weighted by molar-refractivity contribution is 9.11. The average Bonchev–Trinajstić information content (AvgIpc) is 2.98. The Labute approximate surface area is 162 Å². The van der Waals surface area contributed by atoms with Gasteiger partial charge in [-0.2, -0.15) is 0 Å². The summed E-state index contributed by atoms with van der Waals surface area (Å²) >= 11 is 6.66. The number of ether oxygens (including phenoxy) is 1. The SMILES string of the molecule is C[C@H]1CN(C(=O)OC(C)(C)C)C[C@@H]1c1cn2c(Br)nc(Br)c2c(=O)[nH]1. The van der Waals surface area contributed by atoms with Crippen molar-refractivity contribution in [3.63, 3.8) is 0 Å². The number of amides is 1. The second-order valence-corrected chi connectivity index (χ2v) is 8.86. The molecule has 2 atom stereocenters. The van der Waals surface area contributed by atoms with Crippen molar-refractivity contribution >= 4 is 43.5 Å². The largest absolute Gasteiger partial charge is 0.444 e. The molecule has 1 fully saturated rings. The van der Waals surface area contributed by atoms with E-state index in [0.29, 0.717) is 27.9 Å². The van der Waals surface area contributed by atoms with Crippen LogP contribution >= 0.6 is 31.9 Å². The highest BCUT2D eigenvalue weighted by Crippen LogP contribution is 2.32. The molecule has 9 heteroatoms. The molecule has 1 amide bonds. The van der Waals surface area contributed by atoms with Gasteiger partial charge in [-0.25, -0.2) is 9.78 Å². The normalized spacial score (nSPS) is 21.1. The summed E-state index contributed by atoms with van der Waals surface area (Å²) in [4.78, 5) is 33.6. The number of aromatic amines is 1. The van der Waals surface area contributed by atoms with E-state index in [1.807, 2.05) is 27.0 Å². The number of nitrogens with zero attached hydrogens (tertiary/aromatic N) is 3. The Morgan fingerprint density at radius 1 is 1.36 bits per heavy atom. The van der Waals surface area contributed by atoms with Gasteiger partial charge in [-0.3, -0.25) is 9.20 Å². The molecule has 1 saturated heterocycles. The lowest BCUT2D eigenvalue weighted by atomic mass is 9.95. The van der Waals surface area contributed by atoms with Crippen LogP contribution in [0.4, 0.5) is 4.79 Å². The van der Waals surface area contributed by atoms with Gasteiger partial charge in [0.2, 0.25) is 0 Å². The van der Waals surface area contributed by atoms with Crippen LogP contribution in [0.3, 0.4) is 0 Å². The molecule has 7 nitrogen and oxygen atoms in total. The third kappa shape index (κ3) is 3.62. The van der Waals surface area contributed by atoms with Crippen LogP contribution in [-0.2, 0) is 4.74 Å². The highest BCUT2D eigenvalue weighted by Gasteiger charge is 2.36. The van der Waals surface area contributed by atoms with Crippen molar-refractivity contribution in [1.29, 1.82) is 0 Å². The molecule has 0 aliphatic carbocycles. The van der Waals surface area contributed by atoms with Gasteiger partial charge in [-0.15, -0.1) is 0 Å². The van der Waals surface area contributed by atoms with Crippen molar-refractivity contribution in [1.82, 2.24) is 19.3 Å². The highest BCUT2D eigenvalue weighted by atomic mass is 79.9. The van der Waals surface area contributed by atoms with Gasteiger partial charge in [-0.1, -0.05) is 6.92 Å². The first-order chi connectivity index (χ1) is 11.6. The molecule has 1 aliphatic heterocycles. The fourth-order valence-electron chi connectivity index (χ4n) is 3.10. The lowest BCUT2D eigenvalue weighted by Gasteiger charge is -2.24. The number of rotatable bonds is 1. The number of nitrogens with one attached hydrogen (secondary N) is 1. The number of fused-ring (bicyclic) bond motifs is 1. The standard InChI is InChI=1S/C16H20Br2N4O3/c1-8-5-21(15(24)25-16(2,3)4)6-9(8)10-7-22-11(13(23)19-10)12(17)20-14(22)18/h7-9H,5-6H2,1-4H3,(H,19,23)/t8-,9-/m0/s1. The second-order valence-electron chi connectivity index (χ2n) is 7.40. The molecule has 1 aliphatic rings. The molecule has 0 spiro atoms. The number of aromatic nitrogens is 3. The summed E-state index contributed by atoms with van der Waals surface area (Å²) in [5, 5.41) is 0. The third-order valence-electron chi connectivity index (χ3n) is 4.23. The molecule has 2 aromatic heterocycles. The Morgan fingerprint density at radius 2 is 2.04 bits per heavy atom. The van der Waals surface area contributed by atoms with E-state index in [-0.39, 0.29) is 23.5 Å². The minimum Gasteiger partial charge on any atom is -0.444 e. The van der Waals surface area contributed by atoms with Crippen LogP contribution in [0.15, 0.2) is 20.3 Å². The number of likely N-dealkylation sites (tertiary alicyclic amines) is 1. The zero-order chi connectivity index (χ0) is 18.5. The van der Waals surface area contributed by atoms with Crippen molar-refractivity contribution in [2.75, 3.05) is 13.1 Å². The molecule has 1 N–H and O–H groups in total. The number of hydrogen-bond donors (Lipinski definition) is 1. The molecule has 0 radical (unpaired) electrons. The van der Waals surface area contributed by atoms with Gasteiger partial charge in [0.05, 0.1) is 0 Å². The first kappa shape index (κ1) is 18.4. The molecule has 136 valence electrons. The summed E-state index contributed by atoms with van der Waals surface area (Å²) in [6, 6.07) is 0. The van der Waals surface area contributed by atoms with E-state index in [0.717, 1.165) is 5.69 Å². The second kappa shape index (κ2) is 6.42. The molecule has 0 bridgehead atoms. The van der Waals surface area contributed by atoms with Gasteiger partial charge in [0.25, 0.3) is 5.56 Å². The van der Waals surface area contributed by atoms with Crippen LogP contribution in [0.5, 0.6) is 0 Å². The molecule has 3 heterocycles. The summed E-state index contributed by atoms with van der Waals surface area (Å²) in [7, 11) is 0. The average molecular weight is 476 g/mol. The fourth-order valence-corrected chi connectivity index (χ4v) is 4.33. The van der Waals surface area contributed by atoms with E-state index in [4.69, 9.17) is 4.74 Å². The predicted octanol–water partition coefficient (Wildman–Crippen LogP) is 3.52. The number of carbonyl (C=O) groups is 1. The number of carbonyl (C=O) groups excluding carboxylic acids is 1. The minimum atomic E-state index is -0.528. The third-order valence-corrected chi connectivity index (χ3v) is 5.34. The van der Waals surface area contributed by atoms with Crippen LogP contribution in [0.1, 0.15) is 39.3 Å². The van der Waals surface area contributed by atoms with E-state index in [1.54, 1.807) is 9.30 Å². The number of halogens is 2. The van der Waals surface area contributed by atoms with E-state index >= 15 is 0 Å². The van der Waals surface area contributed by atoms with E-state index in [2.05, 4.69) is 48.8 Å². The lowest BCUT2D eigenvalue weighted by molar-refractivity contribution is 0.0287. The van der Waals surface area contributed by atoms with Crippen molar-refractivity contribution in [2.24, 2.45) is 5.92 Å². The molecule has 0 aromatic carbocycles. The summed E-state index contributed by atoms with van der Waals surface area (Å²) in [5.41, 5.74) is 0.483. The quantitative estimate of drug-likeness (QED) is 0.684. The van der Waals surface area contributed by atoms with Gasteiger partial charge in [0.1, 0.15) is 15.7 Å². The van der Waals surface area contributed by atoms with E-state index < -0.39 is 5.60 Å². The lowest BCUT2D eigenvalue weighted by Crippen LogP contribution is -2.35. The number of imidazole rings is 1. The van der Waals surface area contributed by atoms with Gasteiger partial charge < -0.3 is 14.6 Å². The maximum atomic E-state index is 12.4. The zero-order valence-electron chi connectivity index (χ0n) is 14.5. The Morgan fingerprint density at radius 3 is 2.68 bits per heavy atom. The van der Waals surface area contributed by atoms with Gasteiger partial charge in [-0.05, 0) is 58.5 Å². The predicted molar refractivity (Wildman–Crippen MR) is 101 cm³/mol. The van der Waals surface area contributed by atoms with Gasteiger partial charge in [0, 0.05) is 30.9 Å². The molecular weight excluding hydrogens is 456 g/mol. The first-order valence-corrected chi connectivity index (χ1v) is 9.59. The fraction of sp³-hybridized carbons (Fsp3) is 0.562. The van der Waals surface area contributed by atoms with Gasteiger partial charge >= 0.3 is 6.09 Å². The van der Waals surface area contributed by atoms with Crippen molar-refractivity contribution < 1.29 is 9.53 Å². The number of H-pyrrole nitrogens is 1. The van der Waals surface area contributed by atoms with Crippen LogP contribution < -0.4 is 5.56 Å². The Hall–Kier alpha value is -1.35. The Balaban J connectivity index is 1.90. The minimum absolute atomic E-state index is 0.0256. The van der Waals surface area contributed by atoms with Crippen LogP contribution in [0.2, 0.25) is 0 Å².